The Kier molecular flexibility index (Phi) is 5.63. The summed E-state index contributed by atoms with van der Waals surface area (Å²) in [5.41, 5.74) is 3.57. The van der Waals surface area contributed by atoms with Gasteiger partial charge in [-0.05, 0) is 61.4 Å². The number of carbonyl (C=O) groups is 3. The number of benzene rings is 2. The molecule has 28 heavy (non-hydrogen) atoms. The molecule has 1 aliphatic rings. The molecule has 0 aromatic heterocycles. The summed E-state index contributed by atoms with van der Waals surface area (Å²) in [5, 5.41) is 11.8. The number of carboxylic acid groups (broad SMARTS) is 1. The normalized spacial score (nSPS) is 16.1. The van der Waals surface area contributed by atoms with E-state index in [9.17, 15) is 14.4 Å². The summed E-state index contributed by atoms with van der Waals surface area (Å²) >= 11 is 0. The van der Waals surface area contributed by atoms with E-state index >= 15 is 0 Å². The zero-order valence-electron chi connectivity index (χ0n) is 15.8. The number of ether oxygens (including phenoxy) is 1. The highest BCUT2D eigenvalue weighted by Gasteiger charge is 2.34. The van der Waals surface area contributed by atoms with Crippen LogP contribution in [0.3, 0.4) is 0 Å². The van der Waals surface area contributed by atoms with Gasteiger partial charge in [0, 0.05) is 24.3 Å². The molecule has 2 aromatic carbocycles. The van der Waals surface area contributed by atoms with Crippen LogP contribution in [0.2, 0.25) is 0 Å². The Hall–Kier alpha value is -3.35. The van der Waals surface area contributed by atoms with Gasteiger partial charge in [0.15, 0.2) is 6.61 Å². The van der Waals surface area contributed by atoms with Gasteiger partial charge >= 0.3 is 5.97 Å². The van der Waals surface area contributed by atoms with Gasteiger partial charge in [0.05, 0.1) is 5.92 Å². The van der Waals surface area contributed by atoms with Crippen molar-refractivity contribution < 1.29 is 24.2 Å². The highest BCUT2D eigenvalue weighted by molar-refractivity contribution is 5.99. The maximum atomic E-state index is 12.1. The van der Waals surface area contributed by atoms with Crippen molar-refractivity contribution in [3.05, 3.63) is 53.6 Å². The van der Waals surface area contributed by atoms with Gasteiger partial charge in [-0.2, -0.15) is 0 Å². The molecule has 2 N–H and O–H groups in total. The number of aryl methyl sites for hydroxylation is 2. The summed E-state index contributed by atoms with van der Waals surface area (Å²) in [5.74, 6) is -1.65. The molecule has 1 saturated heterocycles. The quantitative estimate of drug-likeness (QED) is 0.801. The first-order chi connectivity index (χ1) is 13.3. The van der Waals surface area contributed by atoms with Crippen LogP contribution >= 0.6 is 0 Å². The molecule has 146 valence electrons. The minimum Gasteiger partial charge on any atom is -0.484 e. The Bertz CT molecular complexity index is 908. The van der Waals surface area contributed by atoms with Crippen LogP contribution in [-0.2, 0) is 14.4 Å². The molecule has 0 radical (unpaired) electrons. The van der Waals surface area contributed by atoms with Crippen LogP contribution in [0.25, 0.3) is 0 Å². The van der Waals surface area contributed by atoms with Gasteiger partial charge in [0.2, 0.25) is 5.91 Å². The fraction of sp³-hybridized carbons (Fsp3) is 0.286. The van der Waals surface area contributed by atoms with Crippen molar-refractivity contribution in [3.8, 4) is 5.75 Å². The summed E-state index contributed by atoms with van der Waals surface area (Å²) in [4.78, 5) is 36.6. The number of anilines is 2. The van der Waals surface area contributed by atoms with Crippen LogP contribution in [0.1, 0.15) is 17.5 Å². The lowest BCUT2D eigenvalue weighted by Gasteiger charge is -2.16. The molecule has 7 nitrogen and oxygen atoms in total. The van der Waals surface area contributed by atoms with Crippen molar-refractivity contribution in [1.82, 2.24) is 0 Å². The van der Waals surface area contributed by atoms with E-state index in [1.54, 1.807) is 24.3 Å². The first kappa shape index (κ1) is 19.4. The highest BCUT2D eigenvalue weighted by atomic mass is 16.5. The lowest BCUT2D eigenvalue weighted by atomic mass is 10.1. The van der Waals surface area contributed by atoms with E-state index in [1.807, 2.05) is 32.0 Å². The van der Waals surface area contributed by atoms with Crippen molar-refractivity contribution >= 4 is 29.2 Å². The van der Waals surface area contributed by atoms with E-state index in [2.05, 4.69) is 5.32 Å². The van der Waals surface area contributed by atoms with E-state index < -0.39 is 11.9 Å². The first-order valence-electron chi connectivity index (χ1n) is 8.96. The van der Waals surface area contributed by atoms with Crippen LogP contribution in [0, 0.1) is 19.8 Å². The number of rotatable bonds is 6. The predicted octanol–water partition coefficient (Wildman–Crippen LogP) is 2.76. The van der Waals surface area contributed by atoms with Crippen molar-refractivity contribution in [2.75, 3.05) is 23.4 Å². The molecule has 0 saturated carbocycles. The number of nitrogens with zero attached hydrogens (tertiary/aromatic N) is 1. The van der Waals surface area contributed by atoms with Crippen molar-refractivity contribution in [3.63, 3.8) is 0 Å². The van der Waals surface area contributed by atoms with Gasteiger partial charge < -0.3 is 20.1 Å². The van der Waals surface area contributed by atoms with Crippen LogP contribution in [0.4, 0.5) is 11.4 Å². The minimum absolute atomic E-state index is 0.00619. The molecule has 2 amide bonds. The lowest BCUT2D eigenvalue weighted by molar-refractivity contribution is -0.141. The Balaban J connectivity index is 1.54. The molecule has 3 rings (SSSR count). The van der Waals surface area contributed by atoms with E-state index in [4.69, 9.17) is 9.84 Å². The predicted molar refractivity (Wildman–Crippen MR) is 105 cm³/mol. The van der Waals surface area contributed by atoms with Crippen molar-refractivity contribution in [2.45, 2.75) is 20.3 Å². The second-order valence-corrected chi connectivity index (χ2v) is 6.87. The lowest BCUT2D eigenvalue weighted by Crippen LogP contribution is -2.25. The Labute approximate surface area is 162 Å². The molecular weight excluding hydrogens is 360 g/mol. The molecule has 1 fully saturated rings. The molecule has 1 atom stereocenters. The van der Waals surface area contributed by atoms with Gasteiger partial charge in [-0.3, -0.25) is 14.4 Å². The maximum Gasteiger partial charge on any atom is 0.308 e. The number of carbonyl (C=O) groups excluding carboxylic acids is 2. The third-order valence-corrected chi connectivity index (χ3v) is 4.78. The van der Waals surface area contributed by atoms with E-state index in [0.717, 1.165) is 11.1 Å². The number of aliphatic carboxylic acids is 1. The van der Waals surface area contributed by atoms with Crippen molar-refractivity contribution in [2.24, 2.45) is 5.92 Å². The maximum absolute atomic E-state index is 12.1. The second kappa shape index (κ2) is 8.12. The topological polar surface area (TPSA) is 95.9 Å². The molecule has 0 spiro atoms. The van der Waals surface area contributed by atoms with Gasteiger partial charge in [-0.15, -0.1) is 0 Å². The molecule has 0 bridgehead atoms. The zero-order valence-corrected chi connectivity index (χ0v) is 15.8. The molecule has 2 aromatic rings. The number of hydrogen-bond donors (Lipinski definition) is 2. The molecule has 1 heterocycles. The average Bonchev–Trinajstić information content (AvgIpc) is 3.06. The van der Waals surface area contributed by atoms with Gasteiger partial charge in [-0.1, -0.05) is 6.07 Å². The Morgan fingerprint density at radius 2 is 1.86 bits per heavy atom. The highest BCUT2D eigenvalue weighted by Crippen LogP contribution is 2.27. The number of carboxylic acids is 1. The van der Waals surface area contributed by atoms with Gasteiger partial charge in [-0.25, -0.2) is 0 Å². The summed E-state index contributed by atoms with van der Waals surface area (Å²) in [6.07, 6.45) is 0.00619. The van der Waals surface area contributed by atoms with Crippen LogP contribution < -0.4 is 15.0 Å². The third kappa shape index (κ3) is 4.49. The standard InChI is InChI=1S/C21H22N2O5/c1-13-3-4-16(9-14(13)2)22-19(24)12-28-18-7-5-17(6-8-18)23-11-15(21(26)27)10-20(23)25/h3-9,15H,10-12H2,1-2H3,(H,22,24)(H,26,27)/t15-/m0/s1. The van der Waals surface area contributed by atoms with E-state index in [0.29, 0.717) is 17.1 Å². The SMILES string of the molecule is Cc1ccc(NC(=O)COc2ccc(N3C[C@@H](C(=O)O)CC3=O)cc2)cc1C. The van der Waals surface area contributed by atoms with E-state index in [-0.39, 0.29) is 31.4 Å². The van der Waals surface area contributed by atoms with Gasteiger partial charge in [0.1, 0.15) is 5.75 Å². The molecule has 0 aliphatic carbocycles. The summed E-state index contributed by atoms with van der Waals surface area (Å²) in [6.45, 7) is 4.00. The smallest absolute Gasteiger partial charge is 0.308 e. The van der Waals surface area contributed by atoms with Crippen LogP contribution in [0.15, 0.2) is 42.5 Å². The monoisotopic (exact) mass is 382 g/mol. The van der Waals surface area contributed by atoms with Crippen molar-refractivity contribution in [1.29, 1.82) is 0 Å². The zero-order chi connectivity index (χ0) is 20.3. The second-order valence-electron chi connectivity index (χ2n) is 6.87. The largest absolute Gasteiger partial charge is 0.484 e. The first-order valence-corrected chi connectivity index (χ1v) is 8.96. The number of nitrogens with one attached hydrogen (secondary N) is 1. The third-order valence-electron chi connectivity index (χ3n) is 4.78. The summed E-state index contributed by atoms with van der Waals surface area (Å²) in [7, 11) is 0. The molecule has 0 unspecified atom stereocenters. The Morgan fingerprint density at radius 1 is 1.14 bits per heavy atom. The molecule has 1 aliphatic heterocycles. The van der Waals surface area contributed by atoms with Gasteiger partial charge in [0.25, 0.3) is 5.91 Å². The number of amides is 2. The fourth-order valence-electron chi connectivity index (χ4n) is 3.01. The minimum atomic E-state index is -0.967. The summed E-state index contributed by atoms with van der Waals surface area (Å²) < 4.78 is 5.49. The average molecular weight is 382 g/mol. The van der Waals surface area contributed by atoms with Crippen LogP contribution in [0.5, 0.6) is 5.75 Å². The molecular formula is C21H22N2O5. The Morgan fingerprint density at radius 3 is 2.46 bits per heavy atom. The van der Waals surface area contributed by atoms with Crippen LogP contribution in [-0.4, -0.2) is 36.0 Å². The molecule has 7 heteroatoms. The number of hydrogen-bond acceptors (Lipinski definition) is 4. The fourth-order valence-corrected chi connectivity index (χ4v) is 3.01. The summed E-state index contributed by atoms with van der Waals surface area (Å²) in [6, 6.07) is 12.3. The van der Waals surface area contributed by atoms with E-state index in [1.165, 1.54) is 4.90 Å².